The minimum atomic E-state index is -1.62. The average Bonchev–Trinajstić information content (AvgIpc) is 2.43. The van der Waals surface area contributed by atoms with Gasteiger partial charge in [-0.1, -0.05) is 39.3 Å². The Labute approximate surface area is 155 Å². The van der Waals surface area contributed by atoms with Crippen LogP contribution in [0.5, 0.6) is 0 Å². The summed E-state index contributed by atoms with van der Waals surface area (Å²) in [6.45, 7) is 16.5. The van der Waals surface area contributed by atoms with Gasteiger partial charge < -0.3 is 9.47 Å². The molecule has 0 saturated heterocycles. The van der Waals surface area contributed by atoms with Crippen LogP contribution in [0.15, 0.2) is 0 Å². The Balaban J connectivity index is 5.93. The van der Waals surface area contributed by atoms with E-state index in [1.165, 1.54) is 0 Å². The molecule has 0 aromatic rings. The summed E-state index contributed by atoms with van der Waals surface area (Å²) in [5, 5.41) is 0. The van der Waals surface area contributed by atoms with Crippen LogP contribution in [-0.2, 0) is 19.1 Å². The second kappa shape index (κ2) is 9.84. The van der Waals surface area contributed by atoms with E-state index in [9.17, 15) is 9.59 Å². The molecule has 0 aromatic heterocycles. The van der Waals surface area contributed by atoms with Crippen LogP contribution in [0.3, 0.4) is 0 Å². The third-order valence-electron chi connectivity index (χ3n) is 3.04. The summed E-state index contributed by atoms with van der Waals surface area (Å²) < 4.78 is 10.4. The zero-order valence-electron chi connectivity index (χ0n) is 17.0. The Morgan fingerprint density at radius 2 is 1.08 bits per heavy atom. The standard InChI is InChI=1S/C19H32O4Si2/c1-9-22-17(20)19(18(21)23-10-2,13-11-15-24(3,4)5)14-12-16-25(6,7)8/h9-10,13-14H2,1-8H3. The van der Waals surface area contributed by atoms with Crippen LogP contribution in [0, 0.1) is 28.3 Å². The summed E-state index contributed by atoms with van der Waals surface area (Å²) in [5.74, 6) is 4.90. The molecule has 6 heteroatoms. The predicted molar refractivity (Wildman–Crippen MR) is 107 cm³/mol. The molecular weight excluding hydrogens is 348 g/mol. The Hall–Kier alpha value is -1.51. The number of rotatable bonds is 6. The van der Waals surface area contributed by atoms with Crippen LogP contribution in [-0.4, -0.2) is 41.3 Å². The number of carbonyl (C=O) groups excluding carboxylic acids is 2. The summed E-state index contributed by atoms with van der Waals surface area (Å²) in [6, 6.07) is 0. The highest BCUT2D eigenvalue weighted by Gasteiger charge is 2.48. The fourth-order valence-corrected chi connectivity index (χ4v) is 3.13. The van der Waals surface area contributed by atoms with Gasteiger partial charge in [0.25, 0.3) is 0 Å². The smallest absolute Gasteiger partial charge is 0.325 e. The van der Waals surface area contributed by atoms with Crippen molar-refractivity contribution in [3.8, 4) is 22.9 Å². The molecule has 4 nitrogen and oxygen atoms in total. The fraction of sp³-hybridized carbons (Fsp3) is 0.684. The minimum absolute atomic E-state index is 0.0787. The number of esters is 2. The fourth-order valence-electron chi connectivity index (χ4n) is 1.89. The molecule has 0 radical (unpaired) electrons. The molecule has 25 heavy (non-hydrogen) atoms. The predicted octanol–water partition coefficient (Wildman–Crippen LogP) is 3.64. The lowest BCUT2D eigenvalue weighted by molar-refractivity contribution is -0.171. The molecule has 0 N–H and O–H groups in total. The van der Waals surface area contributed by atoms with E-state index in [1.54, 1.807) is 13.8 Å². The molecular formula is C19H32O4Si2. The summed E-state index contributed by atoms with van der Waals surface area (Å²) in [4.78, 5) is 25.3. The molecule has 0 aliphatic carbocycles. The second-order valence-electron chi connectivity index (χ2n) is 7.98. The molecule has 0 amide bonds. The molecule has 0 unspecified atom stereocenters. The van der Waals surface area contributed by atoms with Crippen molar-refractivity contribution < 1.29 is 19.1 Å². The average molecular weight is 381 g/mol. The number of carbonyl (C=O) groups is 2. The van der Waals surface area contributed by atoms with Crippen molar-refractivity contribution in [3.63, 3.8) is 0 Å². The van der Waals surface area contributed by atoms with Crippen molar-refractivity contribution in [2.24, 2.45) is 5.41 Å². The quantitative estimate of drug-likeness (QED) is 0.305. The van der Waals surface area contributed by atoms with E-state index in [4.69, 9.17) is 9.47 Å². The second-order valence-corrected chi connectivity index (χ2v) is 17.5. The van der Waals surface area contributed by atoms with Crippen molar-refractivity contribution in [1.29, 1.82) is 0 Å². The van der Waals surface area contributed by atoms with E-state index in [2.05, 4.69) is 62.2 Å². The molecule has 140 valence electrons. The SMILES string of the molecule is CCOC(=O)C(CC#C[Si](C)(C)C)(CC#C[Si](C)(C)C)C(=O)OCC. The van der Waals surface area contributed by atoms with Crippen LogP contribution in [0.2, 0.25) is 39.3 Å². The Kier molecular flexibility index (Phi) is 9.25. The van der Waals surface area contributed by atoms with Gasteiger partial charge in [-0.2, -0.15) is 0 Å². The molecule has 0 spiro atoms. The monoisotopic (exact) mass is 380 g/mol. The summed E-state index contributed by atoms with van der Waals surface area (Å²) in [6.07, 6.45) is 0.157. The van der Waals surface area contributed by atoms with E-state index in [-0.39, 0.29) is 26.1 Å². The lowest BCUT2D eigenvalue weighted by atomic mass is 9.81. The maximum absolute atomic E-state index is 12.7. The largest absolute Gasteiger partial charge is 0.465 e. The van der Waals surface area contributed by atoms with Gasteiger partial charge >= 0.3 is 11.9 Å². The highest BCUT2D eigenvalue weighted by molar-refractivity contribution is 6.84. The zero-order valence-corrected chi connectivity index (χ0v) is 19.0. The first-order chi connectivity index (χ1) is 11.4. The lowest BCUT2D eigenvalue weighted by Gasteiger charge is -2.25. The molecule has 0 atom stereocenters. The Morgan fingerprint density at radius 3 is 1.32 bits per heavy atom. The van der Waals surface area contributed by atoms with Crippen LogP contribution < -0.4 is 0 Å². The van der Waals surface area contributed by atoms with Gasteiger partial charge in [-0.05, 0) is 13.8 Å². The maximum atomic E-state index is 12.7. The van der Waals surface area contributed by atoms with Crippen molar-refractivity contribution in [2.75, 3.05) is 13.2 Å². The van der Waals surface area contributed by atoms with Gasteiger partial charge in [-0.15, -0.1) is 22.9 Å². The van der Waals surface area contributed by atoms with Gasteiger partial charge in [-0.3, -0.25) is 9.59 Å². The van der Waals surface area contributed by atoms with Gasteiger partial charge in [0, 0.05) is 12.8 Å². The number of hydrogen-bond donors (Lipinski definition) is 0. The number of ether oxygens (including phenoxy) is 2. The van der Waals surface area contributed by atoms with Crippen molar-refractivity contribution in [1.82, 2.24) is 0 Å². The van der Waals surface area contributed by atoms with E-state index < -0.39 is 33.5 Å². The molecule has 0 rings (SSSR count). The van der Waals surface area contributed by atoms with Gasteiger partial charge in [0.2, 0.25) is 0 Å². The maximum Gasteiger partial charge on any atom is 0.325 e. The van der Waals surface area contributed by atoms with Crippen molar-refractivity contribution >= 4 is 28.1 Å². The normalized spacial score (nSPS) is 11.5. The van der Waals surface area contributed by atoms with Gasteiger partial charge in [0.15, 0.2) is 5.41 Å². The topological polar surface area (TPSA) is 52.6 Å². The minimum Gasteiger partial charge on any atom is -0.465 e. The molecule has 0 bridgehead atoms. The van der Waals surface area contributed by atoms with Crippen molar-refractivity contribution in [3.05, 3.63) is 0 Å². The molecule has 0 heterocycles. The highest BCUT2D eigenvalue weighted by Crippen LogP contribution is 2.30. The third-order valence-corrected chi connectivity index (χ3v) is 4.89. The van der Waals surface area contributed by atoms with Crippen LogP contribution >= 0.6 is 0 Å². The lowest BCUT2D eigenvalue weighted by Crippen LogP contribution is -2.42. The zero-order chi connectivity index (χ0) is 19.7. The Bertz CT molecular complexity index is 535. The summed E-state index contributed by atoms with van der Waals surface area (Å²) in [7, 11) is -3.24. The molecule has 0 aliphatic heterocycles. The first-order valence-corrected chi connectivity index (χ1v) is 15.7. The van der Waals surface area contributed by atoms with E-state index in [0.717, 1.165) is 0 Å². The van der Waals surface area contributed by atoms with Crippen LogP contribution in [0.4, 0.5) is 0 Å². The van der Waals surface area contributed by atoms with E-state index in [1.807, 2.05) is 0 Å². The first kappa shape index (κ1) is 23.5. The molecule has 0 aromatic carbocycles. The summed E-state index contributed by atoms with van der Waals surface area (Å²) >= 11 is 0. The van der Waals surface area contributed by atoms with Crippen LogP contribution in [0.25, 0.3) is 0 Å². The molecule has 0 aliphatic rings. The summed E-state index contributed by atoms with van der Waals surface area (Å²) in [5.41, 5.74) is 4.96. The highest BCUT2D eigenvalue weighted by atomic mass is 28.3. The van der Waals surface area contributed by atoms with E-state index >= 15 is 0 Å². The number of hydrogen-bond acceptors (Lipinski definition) is 4. The third kappa shape index (κ3) is 8.95. The van der Waals surface area contributed by atoms with Gasteiger partial charge in [0.1, 0.15) is 16.1 Å². The van der Waals surface area contributed by atoms with Gasteiger partial charge in [-0.25, -0.2) is 0 Å². The van der Waals surface area contributed by atoms with E-state index in [0.29, 0.717) is 0 Å². The molecule has 0 fully saturated rings. The Morgan fingerprint density at radius 1 is 0.760 bits per heavy atom. The van der Waals surface area contributed by atoms with Crippen LogP contribution in [0.1, 0.15) is 26.7 Å². The first-order valence-electron chi connectivity index (χ1n) is 8.72. The molecule has 0 saturated carbocycles. The van der Waals surface area contributed by atoms with Gasteiger partial charge in [0.05, 0.1) is 13.2 Å². The van der Waals surface area contributed by atoms with Crippen molar-refractivity contribution in [2.45, 2.75) is 66.0 Å².